The minimum atomic E-state index is -0.906. The molecule has 17 heavy (non-hydrogen) atoms. The lowest BCUT2D eigenvalue weighted by atomic mass is 10.0. The molecule has 1 aliphatic heterocycles. The van der Waals surface area contributed by atoms with Crippen LogP contribution in [0.25, 0.3) is 0 Å². The maximum Gasteiger partial charge on any atom is 0.327 e. The Hall–Kier alpha value is -1.10. The first-order valence-corrected chi connectivity index (χ1v) is 6.41. The summed E-state index contributed by atoms with van der Waals surface area (Å²) in [6, 6.07) is -0.683. The summed E-state index contributed by atoms with van der Waals surface area (Å²) >= 11 is 0. The fourth-order valence-corrected chi connectivity index (χ4v) is 2.80. The van der Waals surface area contributed by atoms with E-state index in [2.05, 4.69) is 5.32 Å². The lowest BCUT2D eigenvalue weighted by Gasteiger charge is -2.34. The van der Waals surface area contributed by atoms with Gasteiger partial charge in [-0.25, -0.2) is 4.79 Å². The zero-order valence-corrected chi connectivity index (χ0v) is 10.0. The van der Waals surface area contributed by atoms with Crippen LogP contribution >= 0.6 is 0 Å². The Bertz CT molecular complexity index is 300. The van der Waals surface area contributed by atoms with Crippen molar-refractivity contribution in [3.8, 4) is 0 Å². The second-order valence-electron chi connectivity index (χ2n) is 5.00. The number of aliphatic carboxylic acids is 1. The smallest absolute Gasteiger partial charge is 0.327 e. The van der Waals surface area contributed by atoms with Crippen molar-refractivity contribution in [3.05, 3.63) is 0 Å². The number of rotatable bonds is 3. The summed E-state index contributed by atoms with van der Waals surface area (Å²) in [4.78, 5) is 24.7. The Morgan fingerprint density at radius 3 is 2.65 bits per heavy atom. The van der Waals surface area contributed by atoms with Gasteiger partial charge in [0.2, 0.25) is 5.91 Å². The van der Waals surface area contributed by atoms with Crippen LogP contribution in [0.1, 0.15) is 32.1 Å². The van der Waals surface area contributed by atoms with Crippen LogP contribution in [0, 0.1) is 5.92 Å². The van der Waals surface area contributed by atoms with E-state index < -0.39 is 12.0 Å². The number of hydrogen-bond acceptors (Lipinski definition) is 3. The fraction of sp³-hybridized carbons (Fsp3) is 0.833. The molecule has 1 saturated carbocycles. The average molecular weight is 240 g/mol. The summed E-state index contributed by atoms with van der Waals surface area (Å²) in [5.41, 5.74) is 0. The SMILES string of the molecule is O=C(O)C1CNCCN1C(=O)CC1CCCC1. The molecule has 0 spiro atoms. The third kappa shape index (κ3) is 2.97. The van der Waals surface area contributed by atoms with Crippen LogP contribution in [0.3, 0.4) is 0 Å². The first-order chi connectivity index (χ1) is 8.18. The molecule has 2 fully saturated rings. The highest BCUT2D eigenvalue weighted by molar-refractivity contribution is 5.84. The van der Waals surface area contributed by atoms with E-state index in [9.17, 15) is 9.59 Å². The molecule has 0 radical (unpaired) electrons. The Morgan fingerprint density at radius 2 is 2.00 bits per heavy atom. The number of hydrogen-bond donors (Lipinski definition) is 2. The van der Waals surface area contributed by atoms with Gasteiger partial charge < -0.3 is 15.3 Å². The number of carbonyl (C=O) groups is 2. The topological polar surface area (TPSA) is 69.6 Å². The van der Waals surface area contributed by atoms with E-state index in [-0.39, 0.29) is 5.91 Å². The van der Waals surface area contributed by atoms with Gasteiger partial charge in [-0.2, -0.15) is 0 Å². The van der Waals surface area contributed by atoms with Crippen molar-refractivity contribution in [2.45, 2.75) is 38.1 Å². The minimum absolute atomic E-state index is 0.0193. The van der Waals surface area contributed by atoms with Gasteiger partial charge in [-0.05, 0) is 18.8 Å². The van der Waals surface area contributed by atoms with Crippen LogP contribution < -0.4 is 5.32 Å². The standard InChI is InChI=1S/C12H20N2O3/c15-11(7-9-3-1-2-4-9)14-6-5-13-8-10(14)12(16)17/h9-10,13H,1-8H2,(H,16,17). The largest absolute Gasteiger partial charge is 0.480 e. The van der Waals surface area contributed by atoms with E-state index in [1.54, 1.807) is 0 Å². The lowest BCUT2D eigenvalue weighted by molar-refractivity contribution is -0.151. The maximum absolute atomic E-state index is 12.1. The third-order valence-electron chi connectivity index (χ3n) is 3.79. The number of nitrogens with one attached hydrogen (secondary N) is 1. The molecular formula is C12H20N2O3. The van der Waals surface area contributed by atoms with E-state index >= 15 is 0 Å². The van der Waals surface area contributed by atoms with Crippen molar-refractivity contribution >= 4 is 11.9 Å². The molecule has 0 aromatic carbocycles. The van der Waals surface area contributed by atoms with E-state index in [1.807, 2.05) is 0 Å². The van der Waals surface area contributed by atoms with Gasteiger partial charge in [0, 0.05) is 26.1 Å². The molecule has 0 aromatic rings. The number of carbonyl (C=O) groups excluding carboxylic acids is 1. The summed E-state index contributed by atoms with van der Waals surface area (Å²) in [7, 11) is 0. The van der Waals surface area contributed by atoms with Gasteiger partial charge in [-0.1, -0.05) is 12.8 Å². The Morgan fingerprint density at radius 1 is 1.29 bits per heavy atom. The molecule has 5 heteroatoms. The first kappa shape index (κ1) is 12.4. The molecule has 0 aromatic heterocycles. The van der Waals surface area contributed by atoms with Crippen molar-refractivity contribution in [1.82, 2.24) is 10.2 Å². The highest BCUT2D eigenvalue weighted by Gasteiger charge is 2.33. The summed E-state index contributed by atoms with van der Waals surface area (Å²) in [6.07, 6.45) is 5.19. The van der Waals surface area contributed by atoms with E-state index in [0.717, 1.165) is 12.8 Å². The number of amides is 1. The molecule has 1 unspecified atom stereocenters. The molecule has 2 N–H and O–H groups in total. The van der Waals surface area contributed by atoms with Gasteiger partial charge in [-0.15, -0.1) is 0 Å². The summed E-state index contributed by atoms with van der Waals surface area (Å²) in [6.45, 7) is 1.58. The van der Waals surface area contributed by atoms with Gasteiger partial charge in [0.05, 0.1) is 0 Å². The number of carboxylic acid groups (broad SMARTS) is 1. The molecule has 96 valence electrons. The van der Waals surface area contributed by atoms with Gasteiger partial charge in [-0.3, -0.25) is 4.79 Å². The summed E-state index contributed by atoms with van der Waals surface area (Å²) in [5, 5.41) is 12.1. The Balaban J connectivity index is 1.93. The maximum atomic E-state index is 12.1. The van der Waals surface area contributed by atoms with Crippen LogP contribution in [0.15, 0.2) is 0 Å². The zero-order valence-electron chi connectivity index (χ0n) is 10.0. The van der Waals surface area contributed by atoms with Crippen LogP contribution in [-0.2, 0) is 9.59 Å². The second-order valence-corrected chi connectivity index (χ2v) is 5.00. The summed E-state index contributed by atoms with van der Waals surface area (Å²) in [5.74, 6) is -0.408. The van der Waals surface area contributed by atoms with Crippen LogP contribution in [0.2, 0.25) is 0 Å². The minimum Gasteiger partial charge on any atom is -0.480 e. The third-order valence-corrected chi connectivity index (χ3v) is 3.79. The molecule has 1 heterocycles. The predicted molar refractivity (Wildman–Crippen MR) is 62.6 cm³/mol. The van der Waals surface area contributed by atoms with Gasteiger partial charge in [0.1, 0.15) is 6.04 Å². The lowest BCUT2D eigenvalue weighted by Crippen LogP contribution is -2.57. The van der Waals surface area contributed by atoms with Crippen molar-refractivity contribution in [2.24, 2.45) is 5.92 Å². The van der Waals surface area contributed by atoms with Crippen molar-refractivity contribution in [2.75, 3.05) is 19.6 Å². The van der Waals surface area contributed by atoms with Crippen LogP contribution in [0.5, 0.6) is 0 Å². The Labute approximate surface area is 101 Å². The van der Waals surface area contributed by atoms with Gasteiger partial charge >= 0.3 is 5.97 Å². The van der Waals surface area contributed by atoms with Crippen molar-refractivity contribution in [3.63, 3.8) is 0 Å². The first-order valence-electron chi connectivity index (χ1n) is 6.41. The number of carboxylic acids is 1. The monoisotopic (exact) mass is 240 g/mol. The Kier molecular flexibility index (Phi) is 3.99. The van der Waals surface area contributed by atoms with Crippen LogP contribution in [0.4, 0.5) is 0 Å². The van der Waals surface area contributed by atoms with E-state index in [4.69, 9.17) is 5.11 Å². The molecule has 5 nitrogen and oxygen atoms in total. The summed E-state index contributed by atoms with van der Waals surface area (Å²) < 4.78 is 0. The molecule has 1 amide bonds. The van der Waals surface area contributed by atoms with E-state index in [1.165, 1.54) is 17.7 Å². The fourth-order valence-electron chi connectivity index (χ4n) is 2.80. The van der Waals surface area contributed by atoms with Crippen molar-refractivity contribution in [1.29, 1.82) is 0 Å². The molecule has 0 bridgehead atoms. The molecular weight excluding hydrogens is 220 g/mol. The van der Waals surface area contributed by atoms with Crippen LogP contribution in [-0.4, -0.2) is 47.6 Å². The second kappa shape index (κ2) is 5.49. The van der Waals surface area contributed by atoms with E-state index in [0.29, 0.717) is 32.0 Å². The molecule has 1 atom stereocenters. The zero-order chi connectivity index (χ0) is 12.3. The van der Waals surface area contributed by atoms with Gasteiger partial charge in [0.25, 0.3) is 0 Å². The average Bonchev–Trinajstić information content (AvgIpc) is 2.81. The highest BCUT2D eigenvalue weighted by atomic mass is 16.4. The predicted octanol–water partition coefficient (Wildman–Crippen LogP) is 0.452. The normalized spacial score (nSPS) is 26.1. The van der Waals surface area contributed by atoms with Gasteiger partial charge in [0.15, 0.2) is 0 Å². The van der Waals surface area contributed by atoms with Crippen molar-refractivity contribution < 1.29 is 14.7 Å². The molecule has 1 aliphatic carbocycles. The molecule has 1 saturated heterocycles. The molecule has 2 rings (SSSR count). The highest BCUT2D eigenvalue weighted by Crippen LogP contribution is 2.28. The molecule has 2 aliphatic rings. The quantitative estimate of drug-likeness (QED) is 0.751. The number of piperazine rings is 1. The number of nitrogens with zero attached hydrogens (tertiary/aromatic N) is 1.